The van der Waals surface area contributed by atoms with Crippen molar-refractivity contribution in [2.24, 2.45) is 5.73 Å². The highest BCUT2D eigenvalue weighted by molar-refractivity contribution is 7.10. The van der Waals surface area contributed by atoms with E-state index in [1.807, 2.05) is 0 Å². The molecule has 96 valence electrons. The number of likely N-dealkylation sites (N-methyl/N-ethyl adjacent to an activating group) is 2. The van der Waals surface area contributed by atoms with Gasteiger partial charge in [-0.05, 0) is 57.5 Å². The van der Waals surface area contributed by atoms with E-state index in [0.29, 0.717) is 6.04 Å². The minimum Gasteiger partial charge on any atom is -0.323 e. The third-order valence-corrected chi connectivity index (χ3v) is 4.55. The Morgan fingerprint density at radius 1 is 1.41 bits per heavy atom. The maximum Gasteiger partial charge on any atom is 0.0473 e. The highest BCUT2D eigenvalue weighted by atomic mass is 32.1. The highest BCUT2D eigenvalue weighted by Crippen LogP contribution is 2.24. The number of nitrogens with zero attached hydrogens (tertiary/aromatic N) is 2. The fourth-order valence-corrected chi connectivity index (χ4v) is 3.31. The van der Waals surface area contributed by atoms with Crippen LogP contribution in [0.5, 0.6) is 0 Å². The minimum absolute atomic E-state index is 0.130. The SMILES string of the molecule is Cc1cc(C(N)C2CN(C)CCCN2C)cs1. The van der Waals surface area contributed by atoms with E-state index in [-0.39, 0.29) is 6.04 Å². The fourth-order valence-electron chi connectivity index (χ4n) is 2.55. The maximum absolute atomic E-state index is 6.44. The van der Waals surface area contributed by atoms with E-state index in [4.69, 9.17) is 5.73 Å². The molecule has 3 nitrogen and oxygen atoms in total. The first-order valence-electron chi connectivity index (χ1n) is 6.27. The first-order chi connectivity index (χ1) is 8.08. The summed E-state index contributed by atoms with van der Waals surface area (Å²) in [6, 6.07) is 2.79. The molecule has 2 rings (SSSR count). The average Bonchev–Trinajstić information content (AvgIpc) is 2.64. The van der Waals surface area contributed by atoms with Gasteiger partial charge in [0, 0.05) is 23.5 Å². The van der Waals surface area contributed by atoms with E-state index < -0.39 is 0 Å². The predicted molar refractivity (Wildman–Crippen MR) is 74.5 cm³/mol. The number of rotatable bonds is 2. The van der Waals surface area contributed by atoms with Gasteiger partial charge in [0.15, 0.2) is 0 Å². The van der Waals surface area contributed by atoms with E-state index in [2.05, 4.69) is 42.3 Å². The smallest absolute Gasteiger partial charge is 0.0473 e. The van der Waals surface area contributed by atoms with E-state index in [9.17, 15) is 0 Å². The summed E-state index contributed by atoms with van der Waals surface area (Å²) in [5, 5.41) is 2.21. The molecule has 0 saturated carbocycles. The molecule has 17 heavy (non-hydrogen) atoms. The van der Waals surface area contributed by atoms with Crippen LogP contribution in [0.25, 0.3) is 0 Å². The molecule has 0 radical (unpaired) electrons. The molecule has 1 fully saturated rings. The summed E-state index contributed by atoms with van der Waals surface area (Å²) >= 11 is 1.79. The molecule has 1 saturated heterocycles. The molecule has 2 atom stereocenters. The highest BCUT2D eigenvalue weighted by Gasteiger charge is 2.27. The molecule has 2 heterocycles. The lowest BCUT2D eigenvalue weighted by molar-refractivity contribution is 0.196. The topological polar surface area (TPSA) is 32.5 Å². The molecule has 2 N–H and O–H groups in total. The Hall–Kier alpha value is -0.420. The summed E-state index contributed by atoms with van der Waals surface area (Å²) in [5.41, 5.74) is 7.73. The van der Waals surface area contributed by atoms with E-state index >= 15 is 0 Å². The molecular weight excluding hydrogens is 230 g/mol. The van der Waals surface area contributed by atoms with E-state index in [1.54, 1.807) is 11.3 Å². The van der Waals surface area contributed by atoms with Crippen LogP contribution in [0.2, 0.25) is 0 Å². The molecule has 1 aliphatic rings. The van der Waals surface area contributed by atoms with Crippen molar-refractivity contribution in [1.82, 2.24) is 9.80 Å². The molecular formula is C13H23N3S. The molecule has 1 aromatic heterocycles. The number of hydrogen-bond acceptors (Lipinski definition) is 4. The van der Waals surface area contributed by atoms with E-state index in [1.165, 1.54) is 23.4 Å². The zero-order valence-corrected chi connectivity index (χ0v) is 11.8. The Kier molecular flexibility index (Phi) is 4.20. The Balaban J connectivity index is 2.13. The molecule has 1 aliphatic heterocycles. The van der Waals surface area contributed by atoms with Gasteiger partial charge in [-0.15, -0.1) is 11.3 Å². The molecule has 0 aromatic carbocycles. The van der Waals surface area contributed by atoms with E-state index in [0.717, 1.165) is 13.1 Å². The van der Waals surface area contributed by atoms with Crippen molar-refractivity contribution < 1.29 is 0 Å². The summed E-state index contributed by atoms with van der Waals surface area (Å²) < 4.78 is 0. The summed E-state index contributed by atoms with van der Waals surface area (Å²) in [5.74, 6) is 0. The van der Waals surface area contributed by atoms with Crippen LogP contribution in [-0.4, -0.2) is 49.6 Å². The fraction of sp³-hybridized carbons (Fsp3) is 0.692. The van der Waals surface area contributed by atoms with Crippen LogP contribution in [0.4, 0.5) is 0 Å². The lowest BCUT2D eigenvalue weighted by atomic mass is 10.0. The van der Waals surface area contributed by atoms with Crippen LogP contribution in [0.3, 0.4) is 0 Å². The van der Waals surface area contributed by atoms with Crippen LogP contribution in [0.15, 0.2) is 11.4 Å². The second kappa shape index (κ2) is 5.48. The van der Waals surface area contributed by atoms with Crippen LogP contribution in [-0.2, 0) is 0 Å². The largest absolute Gasteiger partial charge is 0.323 e. The lowest BCUT2D eigenvalue weighted by Gasteiger charge is -2.32. The van der Waals surface area contributed by atoms with Crippen LogP contribution >= 0.6 is 11.3 Å². The van der Waals surface area contributed by atoms with Crippen molar-refractivity contribution in [2.45, 2.75) is 25.4 Å². The lowest BCUT2D eigenvalue weighted by Crippen LogP contribution is -2.45. The predicted octanol–water partition coefficient (Wildman–Crippen LogP) is 1.69. The standard InChI is InChI=1S/C13H23N3S/c1-10-7-11(9-17-10)13(14)12-8-15(2)5-4-6-16(12)3/h7,9,12-13H,4-6,8,14H2,1-3H3. The van der Waals surface area contributed by atoms with Gasteiger partial charge in [-0.2, -0.15) is 0 Å². The van der Waals surface area contributed by atoms with Gasteiger partial charge in [-0.1, -0.05) is 0 Å². The Labute approximate surface area is 108 Å². The molecule has 0 bridgehead atoms. The second-order valence-corrected chi connectivity index (χ2v) is 6.30. The van der Waals surface area contributed by atoms with Crippen molar-refractivity contribution in [2.75, 3.05) is 33.7 Å². The average molecular weight is 253 g/mol. The zero-order valence-electron chi connectivity index (χ0n) is 11.0. The monoisotopic (exact) mass is 253 g/mol. The summed E-state index contributed by atoms with van der Waals surface area (Å²) in [6.45, 7) is 5.53. The number of thiophene rings is 1. The number of hydrogen-bond donors (Lipinski definition) is 1. The summed E-state index contributed by atoms with van der Waals surface area (Å²) in [4.78, 5) is 6.16. The first-order valence-corrected chi connectivity index (χ1v) is 7.15. The van der Waals surface area contributed by atoms with Gasteiger partial charge in [0.2, 0.25) is 0 Å². The number of aryl methyl sites for hydroxylation is 1. The Morgan fingerprint density at radius 3 is 2.82 bits per heavy atom. The van der Waals surface area contributed by atoms with Gasteiger partial charge in [-0.25, -0.2) is 0 Å². The van der Waals surface area contributed by atoms with Crippen molar-refractivity contribution in [3.63, 3.8) is 0 Å². The molecule has 0 spiro atoms. The van der Waals surface area contributed by atoms with Gasteiger partial charge in [-0.3, -0.25) is 0 Å². The zero-order chi connectivity index (χ0) is 12.4. The third kappa shape index (κ3) is 3.07. The molecule has 4 heteroatoms. The van der Waals surface area contributed by atoms with Crippen LogP contribution < -0.4 is 5.73 Å². The summed E-state index contributed by atoms with van der Waals surface area (Å²) in [7, 11) is 4.39. The molecule has 0 amide bonds. The van der Waals surface area contributed by atoms with Gasteiger partial charge >= 0.3 is 0 Å². The number of nitrogens with two attached hydrogens (primary N) is 1. The van der Waals surface area contributed by atoms with Gasteiger partial charge in [0.05, 0.1) is 0 Å². The molecule has 2 unspecified atom stereocenters. The Bertz CT molecular complexity index is 363. The third-order valence-electron chi connectivity index (χ3n) is 3.67. The van der Waals surface area contributed by atoms with Crippen LogP contribution in [0, 0.1) is 6.92 Å². The van der Waals surface area contributed by atoms with Crippen molar-refractivity contribution in [3.05, 3.63) is 21.9 Å². The van der Waals surface area contributed by atoms with Gasteiger partial charge < -0.3 is 15.5 Å². The first kappa shape index (κ1) is 13.0. The molecule has 1 aromatic rings. The van der Waals surface area contributed by atoms with Gasteiger partial charge in [0.25, 0.3) is 0 Å². The maximum atomic E-state index is 6.44. The van der Waals surface area contributed by atoms with Crippen molar-refractivity contribution in [1.29, 1.82) is 0 Å². The second-order valence-electron chi connectivity index (χ2n) is 5.18. The summed E-state index contributed by atoms with van der Waals surface area (Å²) in [6.07, 6.45) is 1.24. The van der Waals surface area contributed by atoms with Crippen molar-refractivity contribution >= 4 is 11.3 Å². The van der Waals surface area contributed by atoms with Gasteiger partial charge in [0.1, 0.15) is 0 Å². The van der Waals surface area contributed by atoms with Crippen molar-refractivity contribution in [3.8, 4) is 0 Å². The Morgan fingerprint density at radius 2 is 2.18 bits per heavy atom. The quantitative estimate of drug-likeness (QED) is 0.870. The molecule has 0 aliphatic carbocycles. The minimum atomic E-state index is 0.130. The normalized spacial score (nSPS) is 25.8. The van der Waals surface area contributed by atoms with Crippen LogP contribution in [0.1, 0.15) is 22.9 Å².